The Morgan fingerprint density at radius 2 is 2.00 bits per heavy atom. The number of nitrogens with one attached hydrogen (secondary N) is 1. The monoisotopic (exact) mass is 436 g/mol. The second kappa shape index (κ2) is 8.65. The van der Waals surface area contributed by atoms with Gasteiger partial charge in [-0.1, -0.05) is 11.2 Å². The van der Waals surface area contributed by atoms with Crippen molar-refractivity contribution in [2.24, 2.45) is 0 Å². The van der Waals surface area contributed by atoms with Gasteiger partial charge in [0.1, 0.15) is 23.7 Å². The molecule has 9 heteroatoms. The molecule has 2 aromatic carbocycles. The Morgan fingerprint density at radius 3 is 2.71 bits per heavy atom. The molecule has 1 N–H and O–H groups in total. The summed E-state index contributed by atoms with van der Waals surface area (Å²) in [7, 11) is 1.59. The summed E-state index contributed by atoms with van der Waals surface area (Å²) < 4.78 is 11.6. The molecule has 31 heavy (non-hydrogen) atoms. The zero-order valence-electron chi connectivity index (χ0n) is 17.2. The fourth-order valence-electron chi connectivity index (χ4n) is 3.23. The van der Waals surface area contributed by atoms with Gasteiger partial charge in [0, 0.05) is 16.1 Å². The van der Waals surface area contributed by atoms with E-state index in [2.05, 4.69) is 15.6 Å². The molecule has 0 atom stereocenters. The molecule has 1 amide bonds. The van der Waals surface area contributed by atoms with Crippen molar-refractivity contribution in [1.29, 1.82) is 0 Å². The third-order valence-electron chi connectivity index (χ3n) is 4.77. The van der Waals surface area contributed by atoms with Crippen LogP contribution in [-0.2, 0) is 11.3 Å². The van der Waals surface area contributed by atoms with Crippen LogP contribution in [0.4, 0.5) is 5.69 Å². The van der Waals surface area contributed by atoms with Crippen LogP contribution < -0.4 is 15.6 Å². The molecule has 4 aromatic rings. The average Bonchev–Trinajstić information content (AvgIpc) is 3.18. The number of ether oxygens (including phenoxy) is 1. The number of aromatic nitrogens is 3. The maximum absolute atomic E-state index is 12.9. The zero-order valence-corrected chi connectivity index (χ0v) is 18.0. The lowest BCUT2D eigenvalue weighted by Crippen LogP contribution is -2.30. The molecule has 0 unspecified atom stereocenters. The van der Waals surface area contributed by atoms with Gasteiger partial charge in [0.25, 0.3) is 5.56 Å². The van der Waals surface area contributed by atoms with Crippen LogP contribution in [0, 0.1) is 6.92 Å². The van der Waals surface area contributed by atoms with E-state index in [1.165, 1.54) is 0 Å². The van der Waals surface area contributed by atoms with Gasteiger partial charge in [-0.25, -0.2) is 4.68 Å². The van der Waals surface area contributed by atoms with Crippen molar-refractivity contribution in [3.8, 4) is 17.0 Å². The first-order valence-electron chi connectivity index (χ1n) is 9.45. The highest BCUT2D eigenvalue weighted by molar-refractivity contribution is 7.98. The lowest BCUT2D eigenvalue weighted by Gasteiger charge is -2.10. The number of rotatable bonds is 6. The highest BCUT2D eigenvalue weighted by Crippen LogP contribution is 2.28. The maximum atomic E-state index is 12.9. The normalized spacial score (nSPS) is 10.9. The quantitative estimate of drug-likeness (QED) is 0.460. The number of methoxy groups -OCH3 is 1. The number of thioether (sulfide) groups is 1. The van der Waals surface area contributed by atoms with Crippen LogP contribution in [0.2, 0.25) is 0 Å². The van der Waals surface area contributed by atoms with E-state index >= 15 is 0 Å². The van der Waals surface area contributed by atoms with Crippen LogP contribution in [0.3, 0.4) is 0 Å². The molecule has 0 saturated carbocycles. The summed E-state index contributed by atoms with van der Waals surface area (Å²) in [6, 6.07) is 14.7. The van der Waals surface area contributed by atoms with Crippen LogP contribution >= 0.6 is 11.8 Å². The fraction of sp³-hybridized carbons (Fsp3) is 0.182. The second-order valence-corrected chi connectivity index (χ2v) is 7.66. The molecule has 4 rings (SSSR count). The van der Waals surface area contributed by atoms with Crippen LogP contribution in [0.25, 0.3) is 22.2 Å². The summed E-state index contributed by atoms with van der Waals surface area (Å²) in [5.74, 6) is 0.811. The number of hydrogen-bond donors (Lipinski definition) is 1. The van der Waals surface area contributed by atoms with E-state index in [1.807, 2.05) is 36.6 Å². The van der Waals surface area contributed by atoms with E-state index in [1.54, 1.807) is 44.0 Å². The predicted molar refractivity (Wildman–Crippen MR) is 120 cm³/mol. The Balaban J connectivity index is 1.71. The van der Waals surface area contributed by atoms with Crippen molar-refractivity contribution < 1.29 is 14.1 Å². The molecule has 158 valence electrons. The van der Waals surface area contributed by atoms with Gasteiger partial charge < -0.3 is 14.6 Å². The SMILES string of the molecule is COc1ccc(-c2nn(CC(=O)Nc3cccc(SC)c3)c(=O)c3noc(C)c23)cc1. The standard InChI is InChI=1S/C22H20N4O4S/c1-13-19-20(14-7-9-16(29-2)10-8-14)24-26(22(28)21(19)25-30-13)12-18(27)23-15-5-4-6-17(11-15)31-3/h4-11H,12H2,1-3H3,(H,23,27). The number of fused-ring (bicyclic) bond motifs is 1. The Labute approximate surface area is 182 Å². The Kier molecular flexibility index (Phi) is 5.77. The van der Waals surface area contributed by atoms with Crippen LogP contribution in [-0.4, -0.2) is 34.2 Å². The summed E-state index contributed by atoms with van der Waals surface area (Å²) >= 11 is 1.58. The van der Waals surface area contributed by atoms with E-state index in [4.69, 9.17) is 9.26 Å². The first-order valence-corrected chi connectivity index (χ1v) is 10.7. The van der Waals surface area contributed by atoms with Gasteiger partial charge in [0.2, 0.25) is 5.91 Å². The number of hydrogen-bond acceptors (Lipinski definition) is 7. The van der Waals surface area contributed by atoms with Gasteiger partial charge in [-0.05, 0) is 55.6 Å². The van der Waals surface area contributed by atoms with Gasteiger partial charge in [0.15, 0.2) is 5.52 Å². The molecule has 2 heterocycles. The first-order chi connectivity index (χ1) is 15.0. The molecule has 0 aliphatic heterocycles. The topological polar surface area (TPSA) is 99.2 Å². The summed E-state index contributed by atoms with van der Waals surface area (Å²) in [4.78, 5) is 26.5. The minimum Gasteiger partial charge on any atom is -0.497 e. The Morgan fingerprint density at radius 1 is 1.23 bits per heavy atom. The fourth-order valence-corrected chi connectivity index (χ4v) is 3.69. The molecule has 0 aliphatic carbocycles. The highest BCUT2D eigenvalue weighted by Gasteiger charge is 2.20. The molecule has 2 aromatic heterocycles. The molecule has 8 nitrogen and oxygen atoms in total. The molecular weight excluding hydrogens is 416 g/mol. The van der Waals surface area contributed by atoms with Crippen molar-refractivity contribution in [3.05, 3.63) is 64.6 Å². The van der Waals surface area contributed by atoms with E-state index in [9.17, 15) is 9.59 Å². The van der Waals surface area contributed by atoms with Gasteiger partial charge >= 0.3 is 0 Å². The number of benzene rings is 2. The van der Waals surface area contributed by atoms with Crippen molar-refractivity contribution in [3.63, 3.8) is 0 Å². The van der Waals surface area contributed by atoms with Crippen molar-refractivity contribution >= 4 is 34.3 Å². The number of amides is 1. The number of anilines is 1. The molecule has 0 fully saturated rings. The van der Waals surface area contributed by atoms with Crippen molar-refractivity contribution in [1.82, 2.24) is 14.9 Å². The van der Waals surface area contributed by atoms with Crippen LogP contribution in [0.5, 0.6) is 5.75 Å². The number of nitrogens with zero attached hydrogens (tertiary/aromatic N) is 3. The van der Waals surface area contributed by atoms with Gasteiger partial charge in [0.05, 0.1) is 12.5 Å². The second-order valence-electron chi connectivity index (χ2n) is 6.78. The number of carbonyl (C=O) groups is 1. The van der Waals surface area contributed by atoms with Crippen molar-refractivity contribution in [2.45, 2.75) is 18.4 Å². The lowest BCUT2D eigenvalue weighted by molar-refractivity contribution is -0.117. The van der Waals surface area contributed by atoms with Gasteiger partial charge in [-0.3, -0.25) is 9.59 Å². The van der Waals surface area contributed by atoms with E-state index in [0.29, 0.717) is 28.3 Å². The molecule has 0 spiro atoms. The molecule has 0 aliphatic rings. The minimum atomic E-state index is -0.489. The molecule has 0 bridgehead atoms. The number of carbonyl (C=O) groups excluding carboxylic acids is 1. The van der Waals surface area contributed by atoms with Gasteiger partial charge in [-0.15, -0.1) is 11.8 Å². The van der Waals surface area contributed by atoms with Crippen LogP contribution in [0.1, 0.15) is 5.76 Å². The first kappa shape index (κ1) is 20.7. The van der Waals surface area contributed by atoms with E-state index in [0.717, 1.165) is 15.1 Å². The third-order valence-corrected chi connectivity index (χ3v) is 5.49. The van der Waals surface area contributed by atoms with E-state index in [-0.39, 0.29) is 18.0 Å². The highest BCUT2D eigenvalue weighted by atomic mass is 32.2. The van der Waals surface area contributed by atoms with E-state index < -0.39 is 5.56 Å². The summed E-state index contributed by atoms with van der Waals surface area (Å²) in [6.07, 6.45) is 1.96. The molecule has 0 saturated heterocycles. The van der Waals surface area contributed by atoms with Crippen LogP contribution in [0.15, 0.2) is 62.7 Å². The summed E-state index contributed by atoms with van der Waals surface area (Å²) in [5, 5.41) is 11.7. The minimum absolute atomic E-state index is 0.135. The predicted octanol–water partition coefficient (Wildman–Crippen LogP) is 3.73. The summed E-state index contributed by atoms with van der Waals surface area (Å²) in [6.45, 7) is 1.46. The lowest BCUT2D eigenvalue weighted by atomic mass is 10.1. The largest absolute Gasteiger partial charge is 0.497 e. The number of aryl methyl sites for hydroxylation is 1. The molecule has 0 radical (unpaired) electrons. The zero-order chi connectivity index (χ0) is 22.0. The Hall–Kier alpha value is -3.59. The smallest absolute Gasteiger partial charge is 0.297 e. The Bertz CT molecular complexity index is 1310. The maximum Gasteiger partial charge on any atom is 0.297 e. The molecular formula is C22H20N4O4S. The summed E-state index contributed by atoms with van der Waals surface area (Å²) in [5.41, 5.74) is 1.55. The van der Waals surface area contributed by atoms with Gasteiger partial charge in [-0.2, -0.15) is 5.10 Å². The third kappa shape index (κ3) is 4.17. The van der Waals surface area contributed by atoms with Crippen molar-refractivity contribution in [2.75, 3.05) is 18.7 Å². The average molecular weight is 436 g/mol.